The quantitative estimate of drug-likeness (QED) is 0.277. The Kier molecular flexibility index (Phi) is 7.85. The summed E-state index contributed by atoms with van der Waals surface area (Å²) in [5, 5.41) is 0. The van der Waals surface area contributed by atoms with Crippen molar-refractivity contribution in [3.63, 3.8) is 0 Å². The number of hydrogen-bond acceptors (Lipinski definition) is 3. The van der Waals surface area contributed by atoms with Crippen molar-refractivity contribution >= 4 is 22.6 Å². The number of hydrogen-bond donors (Lipinski definition) is 0. The largest absolute Gasteiger partial charge is 0.463 e. The number of ether oxygens (including phenoxy) is 1. The number of rotatable bonds is 9. The third kappa shape index (κ3) is 10.1. The van der Waals surface area contributed by atoms with Crippen LogP contribution in [0.15, 0.2) is 12.7 Å². The average Bonchev–Trinajstić information content (AvgIpc) is 2.20. The van der Waals surface area contributed by atoms with Crippen molar-refractivity contribution in [2.45, 2.75) is 58.5 Å². The summed E-state index contributed by atoms with van der Waals surface area (Å²) in [6.45, 7) is 17.5. The summed E-state index contributed by atoms with van der Waals surface area (Å²) in [5.41, 5.74) is 0. The molecule has 0 spiro atoms. The Morgan fingerprint density at radius 1 is 1.21 bits per heavy atom. The summed E-state index contributed by atoms with van der Waals surface area (Å²) in [5.74, 6) is 0.356. The highest BCUT2D eigenvalue weighted by molar-refractivity contribution is 6.84. The number of carbonyl (C=O) groups excluding carboxylic acids is 1. The van der Waals surface area contributed by atoms with Crippen molar-refractivity contribution in [2.75, 3.05) is 6.61 Å². The van der Waals surface area contributed by atoms with Gasteiger partial charge in [0.25, 0.3) is 0 Å². The standard InChI is InChI=1S/C14H30O3Si2/c1-8-14(15)16-10-9-11-18(4,5)17-19(6,7)12-13(2)3/h8,13H,1,9-12H2,2-7H3. The molecule has 0 fully saturated rings. The minimum absolute atomic E-state index is 0.338. The molecule has 0 bridgehead atoms. The van der Waals surface area contributed by atoms with Gasteiger partial charge in [-0.25, -0.2) is 4.79 Å². The molecule has 112 valence electrons. The summed E-state index contributed by atoms with van der Waals surface area (Å²) in [7, 11) is -3.20. The molecule has 5 heteroatoms. The summed E-state index contributed by atoms with van der Waals surface area (Å²) >= 11 is 0. The van der Waals surface area contributed by atoms with Gasteiger partial charge >= 0.3 is 5.97 Å². The molecule has 0 saturated carbocycles. The molecule has 0 aliphatic rings. The minimum atomic E-state index is -1.64. The van der Waals surface area contributed by atoms with E-state index >= 15 is 0 Å². The van der Waals surface area contributed by atoms with Gasteiger partial charge in [-0.2, -0.15) is 0 Å². The summed E-state index contributed by atoms with van der Waals surface area (Å²) in [6.07, 6.45) is 2.09. The van der Waals surface area contributed by atoms with E-state index in [0.717, 1.165) is 12.5 Å². The van der Waals surface area contributed by atoms with Crippen molar-refractivity contribution < 1.29 is 13.6 Å². The van der Waals surface area contributed by atoms with Gasteiger partial charge in [-0.15, -0.1) is 0 Å². The molecule has 0 aliphatic carbocycles. The first kappa shape index (κ1) is 18.6. The van der Waals surface area contributed by atoms with E-state index in [2.05, 4.69) is 46.6 Å². The van der Waals surface area contributed by atoms with Crippen LogP contribution in [0.1, 0.15) is 20.3 Å². The van der Waals surface area contributed by atoms with Crippen LogP contribution in [0.3, 0.4) is 0 Å². The lowest BCUT2D eigenvalue weighted by atomic mass is 10.3. The van der Waals surface area contributed by atoms with E-state index in [0.29, 0.717) is 12.5 Å². The molecule has 0 atom stereocenters. The van der Waals surface area contributed by atoms with Gasteiger partial charge in [0.2, 0.25) is 0 Å². The zero-order valence-electron chi connectivity index (χ0n) is 13.4. The fraction of sp³-hybridized carbons (Fsp3) is 0.786. The first-order valence-corrected chi connectivity index (χ1v) is 13.3. The normalized spacial score (nSPS) is 12.6. The van der Waals surface area contributed by atoms with Crippen LogP contribution in [0, 0.1) is 5.92 Å². The molecule has 3 nitrogen and oxygen atoms in total. The van der Waals surface area contributed by atoms with Crippen LogP contribution < -0.4 is 0 Å². The summed E-state index contributed by atoms with van der Waals surface area (Å²) < 4.78 is 11.5. The second kappa shape index (κ2) is 8.02. The molecule has 0 amide bonds. The Hall–Kier alpha value is -0.396. The Labute approximate surface area is 120 Å². The highest BCUT2D eigenvalue weighted by Gasteiger charge is 2.33. The molecule has 19 heavy (non-hydrogen) atoms. The van der Waals surface area contributed by atoms with E-state index < -0.39 is 16.6 Å². The monoisotopic (exact) mass is 302 g/mol. The van der Waals surface area contributed by atoms with Gasteiger partial charge in [0, 0.05) is 6.08 Å². The van der Waals surface area contributed by atoms with E-state index in [1.54, 1.807) is 0 Å². The third-order valence-corrected chi connectivity index (χ3v) is 10.6. The zero-order chi connectivity index (χ0) is 15.1. The summed E-state index contributed by atoms with van der Waals surface area (Å²) in [4.78, 5) is 10.9. The molecular weight excluding hydrogens is 272 g/mol. The zero-order valence-corrected chi connectivity index (χ0v) is 15.4. The van der Waals surface area contributed by atoms with Crippen molar-refractivity contribution in [3.8, 4) is 0 Å². The van der Waals surface area contributed by atoms with Gasteiger partial charge in [-0.05, 0) is 50.6 Å². The van der Waals surface area contributed by atoms with Gasteiger partial charge in [-0.3, -0.25) is 0 Å². The van der Waals surface area contributed by atoms with Crippen LogP contribution in [-0.2, 0) is 13.6 Å². The lowest BCUT2D eigenvalue weighted by molar-refractivity contribution is -0.137. The van der Waals surface area contributed by atoms with Crippen LogP contribution in [0.4, 0.5) is 0 Å². The van der Waals surface area contributed by atoms with Gasteiger partial charge in [0.15, 0.2) is 16.6 Å². The lowest BCUT2D eigenvalue weighted by Gasteiger charge is -2.35. The average molecular weight is 303 g/mol. The Morgan fingerprint density at radius 2 is 1.79 bits per heavy atom. The third-order valence-electron chi connectivity index (χ3n) is 2.79. The lowest BCUT2D eigenvalue weighted by Crippen LogP contribution is -2.45. The van der Waals surface area contributed by atoms with Crippen molar-refractivity contribution in [3.05, 3.63) is 12.7 Å². The molecule has 0 aromatic rings. The van der Waals surface area contributed by atoms with E-state index in [-0.39, 0.29) is 5.97 Å². The minimum Gasteiger partial charge on any atom is -0.463 e. The first-order chi connectivity index (χ1) is 8.58. The molecule has 0 rings (SSSR count). The van der Waals surface area contributed by atoms with Gasteiger partial charge < -0.3 is 8.85 Å². The maximum atomic E-state index is 10.9. The van der Waals surface area contributed by atoms with Crippen LogP contribution in [0.2, 0.25) is 38.3 Å². The molecular formula is C14H30O3Si2. The van der Waals surface area contributed by atoms with Crippen molar-refractivity contribution in [1.82, 2.24) is 0 Å². The maximum Gasteiger partial charge on any atom is 0.330 e. The number of esters is 1. The second-order valence-corrected chi connectivity index (χ2v) is 15.5. The topological polar surface area (TPSA) is 35.5 Å². The Bertz CT molecular complexity index is 299. The van der Waals surface area contributed by atoms with Crippen molar-refractivity contribution in [1.29, 1.82) is 0 Å². The molecule has 0 aliphatic heterocycles. The fourth-order valence-corrected chi connectivity index (χ4v) is 12.2. The van der Waals surface area contributed by atoms with Crippen LogP contribution in [0.25, 0.3) is 0 Å². The van der Waals surface area contributed by atoms with E-state index in [1.165, 1.54) is 12.1 Å². The van der Waals surface area contributed by atoms with E-state index in [9.17, 15) is 4.79 Å². The molecule has 0 unspecified atom stereocenters. The van der Waals surface area contributed by atoms with Crippen molar-refractivity contribution in [2.24, 2.45) is 5.92 Å². The van der Waals surface area contributed by atoms with Gasteiger partial charge in [0.05, 0.1) is 6.61 Å². The maximum absolute atomic E-state index is 10.9. The number of carbonyl (C=O) groups is 1. The molecule has 0 heterocycles. The smallest absolute Gasteiger partial charge is 0.330 e. The highest BCUT2D eigenvalue weighted by atomic mass is 28.4. The molecule has 0 aromatic heterocycles. The van der Waals surface area contributed by atoms with E-state index in [4.69, 9.17) is 8.85 Å². The van der Waals surface area contributed by atoms with E-state index in [1.807, 2.05) is 0 Å². The predicted octanol–water partition coefficient (Wildman–Crippen LogP) is 4.19. The Morgan fingerprint density at radius 3 is 2.26 bits per heavy atom. The SMILES string of the molecule is C=CC(=O)OCCC[Si](C)(C)O[Si](C)(C)CC(C)C. The molecule has 0 aromatic carbocycles. The molecule has 0 N–H and O–H groups in total. The molecule has 0 saturated heterocycles. The van der Waals surface area contributed by atoms with Crippen LogP contribution in [0.5, 0.6) is 0 Å². The van der Waals surface area contributed by atoms with Gasteiger partial charge in [-0.1, -0.05) is 20.4 Å². The fourth-order valence-electron chi connectivity index (χ4n) is 2.55. The predicted molar refractivity (Wildman–Crippen MR) is 86.3 cm³/mol. The molecule has 0 radical (unpaired) electrons. The first-order valence-electron chi connectivity index (χ1n) is 7.07. The highest BCUT2D eigenvalue weighted by Crippen LogP contribution is 2.25. The Balaban J connectivity index is 4.10. The second-order valence-electron chi connectivity index (χ2n) is 6.69. The summed E-state index contributed by atoms with van der Waals surface area (Å²) in [6, 6.07) is 2.24. The van der Waals surface area contributed by atoms with Gasteiger partial charge in [0.1, 0.15) is 0 Å². The van der Waals surface area contributed by atoms with Crippen LogP contribution >= 0.6 is 0 Å². The van der Waals surface area contributed by atoms with Crippen LogP contribution in [-0.4, -0.2) is 29.2 Å².